The third-order valence-electron chi connectivity index (χ3n) is 5.86. The van der Waals surface area contributed by atoms with Crippen LogP contribution in [-0.4, -0.2) is 47.0 Å². The fourth-order valence-corrected chi connectivity index (χ4v) is 4.07. The van der Waals surface area contributed by atoms with Gasteiger partial charge in [-0.15, -0.1) is 0 Å². The Morgan fingerprint density at radius 3 is 2.78 bits per heavy atom. The maximum Gasteiger partial charge on any atom is 0.230 e. The average Bonchev–Trinajstić information content (AvgIpc) is 3.25. The van der Waals surface area contributed by atoms with Crippen LogP contribution in [0.5, 0.6) is 0 Å². The second kappa shape index (κ2) is 5.46. The number of piperidine rings is 1. The van der Waals surface area contributed by atoms with Crippen LogP contribution in [0.15, 0.2) is 6.20 Å². The molecule has 1 saturated carbocycles. The second-order valence-electron chi connectivity index (χ2n) is 7.65. The van der Waals surface area contributed by atoms with Gasteiger partial charge in [0.2, 0.25) is 5.91 Å². The van der Waals surface area contributed by atoms with Gasteiger partial charge in [-0.1, -0.05) is 0 Å². The van der Waals surface area contributed by atoms with Gasteiger partial charge in [0.05, 0.1) is 23.0 Å². The quantitative estimate of drug-likeness (QED) is 0.859. The highest BCUT2D eigenvalue weighted by Crippen LogP contribution is 2.42. The fourth-order valence-electron chi connectivity index (χ4n) is 4.07. The summed E-state index contributed by atoms with van der Waals surface area (Å²) in [5.74, 6) is 2.10. The SMILES string of the molecule is Cc1ncc(N2CC[C@]3(CCCN(CC4CC4)C3=O)C2)nc1C. The molecule has 124 valence electrons. The summed E-state index contributed by atoms with van der Waals surface area (Å²) < 4.78 is 0. The minimum Gasteiger partial charge on any atom is -0.354 e. The van der Waals surface area contributed by atoms with Crippen molar-refractivity contribution in [3.8, 4) is 0 Å². The monoisotopic (exact) mass is 314 g/mol. The Hall–Kier alpha value is -1.65. The molecule has 5 heteroatoms. The molecule has 0 aromatic carbocycles. The van der Waals surface area contributed by atoms with Gasteiger partial charge in [0.1, 0.15) is 5.82 Å². The molecule has 1 aliphatic carbocycles. The van der Waals surface area contributed by atoms with Gasteiger partial charge in [-0.2, -0.15) is 0 Å². The minimum absolute atomic E-state index is 0.173. The van der Waals surface area contributed by atoms with Crippen molar-refractivity contribution in [3.63, 3.8) is 0 Å². The van der Waals surface area contributed by atoms with Gasteiger partial charge < -0.3 is 9.80 Å². The number of aryl methyl sites for hydroxylation is 2. The molecule has 0 bridgehead atoms. The Morgan fingerprint density at radius 1 is 1.22 bits per heavy atom. The number of amides is 1. The van der Waals surface area contributed by atoms with Crippen molar-refractivity contribution < 1.29 is 4.79 Å². The van der Waals surface area contributed by atoms with Crippen molar-refractivity contribution in [1.29, 1.82) is 0 Å². The van der Waals surface area contributed by atoms with E-state index >= 15 is 0 Å². The molecule has 1 amide bonds. The number of likely N-dealkylation sites (tertiary alicyclic amines) is 1. The maximum atomic E-state index is 13.1. The molecular formula is C18H26N4O. The first-order valence-corrected chi connectivity index (χ1v) is 8.92. The van der Waals surface area contributed by atoms with Crippen LogP contribution in [0.2, 0.25) is 0 Å². The van der Waals surface area contributed by atoms with Gasteiger partial charge in [-0.25, -0.2) is 4.98 Å². The van der Waals surface area contributed by atoms with E-state index in [4.69, 9.17) is 0 Å². The summed E-state index contributed by atoms with van der Waals surface area (Å²) in [6.45, 7) is 7.66. The van der Waals surface area contributed by atoms with Crippen molar-refractivity contribution in [2.45, 2.75) is 46.0 Å². The van der Waals surface area contributed by atoms with Crippen LogP contribution in [0, 0.1) is 25.2 Å². The highest BCUT2D eigenvalue weighted by molar-refractivity contribution is 5.85. The predicted octanol–water partition coefficient (Wildman–Crippen LogP) is 2.32. The lowest BCUT2D eigenvalue weighted by atomic mass is 9.78. The molecule has 0 N–H and O–H groups in total. The topological polar surface area (TPSA) is 49.3 Å². The second-order valence-corrected chi connectivity index (χ2v) is 7.65. The van der Waals surface area contributed by atoms with Crippen molar-refractivity contribution >= 4 is 11.7 Å². The number of anilines is 1. The molecule has 1 aromatic rings. The molecule has 2 saturated heterocycles. The van der Waals surface area contributed by atoms with Crippen LogP contribution in [0.25, 0.3) is 0 Å². The molecule has 3 heterocycles. The van der Waals surface area contributed by atoms with E-state index in [1.807, 2.05) is 20.0 Å². The Balaban J connectivity index is 1.51. The van der Waals surface area contributed by atoms with E-state index in [2.05, 4.69) is 19.8 Å². The molecule has 4 rings (SSSR count). The Morgan fingerprint density at radius 2 is 2.04 bits per heavy atom. The molecule has 1 spiro atoms. The molecule has 1 aromatic heterocycles. The van der Waals surface area contributed by atoms with E-state index in [0.29, 0.717) is 5.91 Å². The van der Waals surface area contributed by atoms with Crippen LogP contribution in [-0.2, 0) is 4.79 Å². The van der Waals surface area contributed by atoms with E-state index < -0.39 is 0 Å². The summed E-state index contributed by atoms with van der Waals surface area (Å²) >= 11 is 0. The van der Waals surface area contributed by atoms with Gasteiger partial charge in [0, 0.05) is 26.2 Å². The lowest BCUT2D eigenvalue weighted by molar-refractivity contribution is -0.145. The van der Waals surface area contributed by atoms with Gasteiger partial charge in [-0.05, 0) is 51.9 Å². The van der Waals surface area contributed by atoms with E-state index in [1.165, 1.54) is 12.8 Å². The largest absolute Gasteiger partial charge is 0.354 e. The number of hydrogen-bond donors (Lipinski definition) is 0. The average molecular weight is 314 g/mol. The predicted molar refractivity (Wildman–Crippen MR) is 89.3 cm³/mol. The highest BCUT2D eigenvalue weighted by atomic mass is 16.2. The van der Waals surface area contributed by atoms with Crippen LogP contribution in [0.1, 0.15) is 43.5 Å². The molecular weight excluding hydrogens is 288 g/mol. The fraction of sp³-hybridized carbons (Fsp3) is 0.722. The Labute approximate surface area is 138 Å². The smallest absolute Gasteiger partial charge is 0.230 e. The van der Waals surface area contributed by atoms with Crippen molar-refractivity contribution in [2.75, 3.05) is 31.1 Å². The van der Waals surface area contributed by atoms with E-state index in [-0.39, 0.29) is 5.41 Å². The van der Waals surface area contributed by atoms with E-state index in [9.17, 15) is 4.79 Å². The molecule has 23 heavy (non-hydrogen) atoms. The van der Waals surface area contributed by atoms with E-state index in [0.717, 1.165) is 68.6 Å². The third-order valence-corrected chi connectivity index (χ3v) is 5.86. The summed E-state index contributed by atoms with van der Waals surface area (Å²) in [6.07, 6.45) is 7.60. The standard InChI is InChI=1S/C18H26N4O/c1-13-14(2)20-16(10-19-13)22-9-7-18(12-22)6-3-8-21(17(18)23)11-15-4-5-15/h10,15H,3-9,11-12H2,1-2H3/t18-/m1/s1. The first-order valence-electron chi connectivity index (χ1n) is 8.92. The maximum absolute atomic E-state index is 13.1. The number of carbonyl (C=O) groups is 1. The Kier molecular flexibility index (Phi) is 3.54. The van der Waals surface area contributed by atoms with Crippen molar-refractivity contribution in [1.82, 2.24) is 14.9 Å². The molecule has 2 aliphatic heterocycles. The summed E-state index contributed by atoms with van der Waals surface area (Å²) in [6, 6.07) is 0. The number of hydrogen-bond acceptors (Lipinski definition) is 4. The zero-order chi connectivity index (χ0) is 16.0. The molecule has 1 atom stereocenters. The van der Waals surface area contributed by atoms with Crippen LogP contribution < -0.4 is 4.90 Å². The molecule has 5 nitrogen and oxygen atoms in total. The number of nitrogens with zero attached hydrogens (tertiary/aromatic N) is 4. The zero-order valence-corrected chi connectivity index (χ0v) is 14.2. The van der Waals surface area contributed by atoms with Crippen LogP contribution >= 0.6 is 0 Å². The summed E-state index contributed by atoms with van der Waals surface area (Å²) in [7, 11) is 0. The first-order chi connectivity index (χ1) is 11.1. The van der Waals surface area contributed by atoms with Gasteiger partial charge in [0.25, 0.3) is 0 Å². The molecule has 3 aliphatic rings. The third kappa shape index (κ3) is 2.70. The first kappa shape index (κ1) is 14.9. The molecule has 0 radical (unpaired) electrons. The number of rotatable bonds is 3. The van der Waals surface area contributed by atoms with Gasteiger partial charge in [-0.3, -0.25) is 9.78 Å². The number of carbonyl (C=O) groups excluding carboxylic acids is 1. The molecule has 0 unspecified atom stereocenters. The minimum atomic E-state index is -0.173. The van der Waals surface area contributed by atoms with Gasteiger partial charge >= 0.3 is 0 Å². The van der Waals surface area contributed by atoms with Crippen molar-refractivity contribution in [2.24, 2.45) is 11.3 Å². The lowest BCUT2D eigenvalue weighted by Gasteiger charge is -2.39. The normalized spacial score (nSPS) is 28.0. The summed E-state index contributed by atoms with van der Waals surface area (Å²) in [5.41, 5.74) is 1.79. The lowest BCUT2D eigenvalue weighted by Crippen LogP contribution is -2.50. The molecule has 3 fully saturated rings. The number of aromatic nitrogens is 2. The highest BCUT2D eigenvalue weighted by Gasteiger charge is 2.49. The van der Waals surface area contributed by atoms with E-state index in [1.54, 1.807) is 0 Å². The van der Waals surface area contributed by atoms with Crippen molar-refractivity contribution in [3.05, 3.63) is 17.6 Å². The summed E-state index contributed by atoms with van der Waals surface area (Å²) in [4.78, 5) is 26.6. The Bertz CT molecular complexity index is 627. The summed E-state index contributed by atoms with van der Waals surface area (Å²) in [5, 5.41) is 0. The van der Waals surface area contributed by atoms with Gasteiger partial charge in [0.15, 0.2) is 0 Å². The van der Waals surface area contributed by atoms with Crippen LogP contribution in [0.4, 0.5) is 5.82 Å². The zero-order valence-electron chi connectivity index (χ0n) is 14.2. The van der Waals surface area contributed by atoms with Crippen LogP contribution in [0.3, 0.4) is 0 Å².